The number of hydrogen-bond donors (Lipinski definition) is 0. The molecule has 5 heteroatoms. The lowest BCUT2D eigenvalue weighted by atomic mass is 9.88. The van der Waals surface area contributed by atoms with Crippen molar-refractivity contribution in [2.24, 2.45) is 5.92 Å². The highest BCUT2D eigenvalue weighted by atomic mass is 32.1. The molecule has 1 fully saturated rings. The molecule has 1 saturated heterocycles. The maximum Gasteiger partial charge on any atom is 0.225 e. The second-order valence-corrected chi connectivity index (χ2v) is 7.65. The zero-order valence-corrected chi connectivity index (χ0v) is 15.6. The lowest BCUT2D eigenvalue weighted by Gasteiger charge is -2.31. The predicted octanol–water partition coefficient (Wildman–Crippen LogP) is 4.61. The SMILES string of the molecule is Cc1csc(-c2ccc(C(=O)C3CCN(c4ncccn4)CC3)cc2)c1. The summed E-state index contributed by atoms with van der Waals surface area (Å²) in [6.45, 7) is 3.75. The highest BCUT2D eigenvalue weighted by molar-refractivity contribution is 7.13. The molecule has 0 saturated carbocycles. The number of aromatic nitrogens is 2. The van der Waals surface area contributed by atoms with Crippen LogP contribution < -0.4 is 4.90 Å². The Hall–Kier alpha value is -2.53. The van der Waals surface area contributed by atoms with Gasteiger partial charge in [0.25, 0.3) is 0 Å². The summed E-state index contributed by atoms with van der Waals surface area (Å²) in [7, 11) is 0. The van der Waals surface area contributed by atoms with Gasteiger partial charge in [0.15, 0.2) is 5.78 Å². The van der Waals surface area contributed by atoms with E-state index in [1.165, 1.54) is 16.0 Å². The number of thiophene rings is 1. The Bertz CT molecular complexity index is 881. The van der Waals surface area contributed by atoms with Gasteiger partial charge in [-0.05, 0) is 48.4 Å². The van der Waals surface area contributed by atoms with Crippen LogP contribution in [0.1, 0.15) is 28.8 Å². The molecule has 0 amide bonds. The van der Waals surface area contributed by atoms with Gasteiger partial charge in [0.2, 0.25) is 5.95 Å². The van der Waals surface area contributed by atoms with E-state index in [2.05, 4.69) is 45.4 Å². The summed E-state index contributed by atoms with van der Waals surface area (Å²) in [5.74, 6) is 1.10. The van der Waals surface area contributed by atoms with Crippen LogP contribution in [0.4, 0.5) is 5.95 Å². The van der Waals surface area contributed by atoms with Crippen molar-refractivity contribution in [2.45, 2.75) is 19.8 Å². The largest absolute Gasteiger partial charge is 0.341 e. The van der Waals surface area contributed by atoms with Crippen LogP contribution in [0.15, 0.2) is 54.2 Å². The molecule has 132 valence electrons. The topological polar surface area (TPSA) is 46.1 Å². The minimum absolute atomic E-state index is 0.0878. The zero-order valence-electron chi connectivity index (χ0n) is 14.8. The van der Waals surface area contributed by atoms with E-state index in [4.69, 9.17) is 0 Å². The first-order chi connectivity index (χ1) is 12.7. The van der Waals surface area contributed by atoms with Gasteiger partial charge in [0.1, 0.15) is 0 Å². The van der Waals surface area contributed by atoms with E-state index in [0.29, 0.717) is 0 Å². The number of hydrogen-bond acceptors (Lipinski definition) is 5. The summed E-state index contributed by atoms with van der Waals surface area (Å²) in [5.41, 5.74) is 3.27. The van der Waals surface area contributed by atoms with Crippen LogP contribution >= 0.6 is 11.3 Å². The van der Waals surface area contributed by atoms with Crippen molar-refractivity contribution in [3.05, 3.63) is 65.3 Å². The van der Waals surface area contributed by atoms with E-state index in [1.807, 2.05) is 18.2 Å². The predicted molar refractivity (Wildman–Crippen MR) is 106 cm³/mol. The molecule has 2 aromatic heterocycles. The van der Waals surface area contributed by atoms with Gasteiger partial charge in [-0.25, -0.2) is 9.97 Å². The molecule has 1 aliphatic heterocycles. The molecular formula is C21H21N3OS. The molecule has 0 N–H and O–H groups in total. The molecule has 0 unspecified atom stereocenters. The molecule has 3 heterocycles. The molecule has 4 nitrogen and oxygen atoms in total. The third kappa shape index (κ3) is 3.53. The maximum atomic E-state index is 12.8. The first-order valence-electron chi connectivity index (χ1n) is 8.92. The standard InChI is InChI=1S/C21H21N3OS/c1-15-13-19(26-14-15)16-3-5-17(6-4-16)20(25)18-7-11-24(12-8-18)21-22-9-2-10-23-21/h2-6,9-10,13-14,18H,7-8,11-12H2,1H3. The van der Waals surface area contributed by atoms with Crippen LogP contribution in [0.25, 0.3) is 10.4 Å². The van der Waals surface area contributed by atoms with Gasteiger partial charge in [-0.3, -0.25) is 4.79 Å². The van der Waals surface area contributed by atoms with Crippen LogP contribution in [-0.2, 0) is 0 Å². The number of ketones is 1. The Morgan fingerprint density at radius 2 is 1.81 bits per heavy atom. The van der Waals surface area contributed by atoms with Crippen LogP contribution in [0.2, 0.25) is 0 Å². The number of aryl methyl sites for hydroxylation is 1. The van der Waals surface area contributed by atoms with Crippen molar-refractivity contribution < 1.29 is 4.79 Å². The first kappa shape index (κ1) is 16.9. The normalized spacial score (nSPS) is 15.2. The van der Waals surface area contributed by atoms with E-state index < -0.39 is 0 Å². The lowest BCUT2D eigenvalue weighted by molar-refractivity contribution is 0.0900. The second-order valence-electron chi connectivity index (χ2n) is 6.74. The average Bonchev–Trinajstić information content (AvgIpc) is 3.15. The number of carbonyl (C=O) groups is 1. The molecular weight excluding hydrogens is 342 g/mol. The summed E-state index contributed by atoms with van der Waals surface area (Å²) in [6, 6.07) is 12.1. The molecule has 0 atom stereocenters. The minimum Gasteiger partial charge on any atom is -0.341 e. The molecule has 3 aromatic rings. The summed E-state index contributed by atoms with van der Waals surface area (Å²) in [5, 5.41) is 2.15. The lowest BCUT2D eigenvalue weighted by Crippen LogP contribution is -2.37. The van der Waals surface area contributed by atoms with E-state index in [9.17, 15) is 4.79 Å². The van der Waals surface area contributed by atoms with Crippen LogP contribution in [-0.4, -0.2) is 28.8 Å². The Morgan fingerprint density at radius 3 is 2.42 bits per heavy atom. The van der Waals surface area contributed by atoms with E-state index >= 15 is 0 Å². The van der Waals surface area contributed by atoms with Crippen molar-refractivity contribution in [1.29, 1.82) is 0 Å². The fraction of sp³-hybridized carbons (Fsp3) is 0.286. The summed E-state index contributed by atoms with van der Waals surface area (Å²) >= 11 is 1.74. The van der Waals surface area contributed by atoms with E-state index in [-0.39, 0.29) is 11.7 Å². The average molecular weight is 363 g/mol. The Kier molecular flexibility index (Phi) is 4.80. The smallest absolute Gasteiger partial charge is 0.225 e. The van der Waals surface area contributed by atoms with Gasteiger partial charge < -0.3 is 4.90 Å². The second kappa shape index (κ2) is 7.38. The molecule has 0 spiro atoms. The van der Waals surface area contributed by atoms with Crippen LogP contribution in [0.5, 0.6) is 0 Å². The summed E-state index contributed by atoms with van der Waals surface area (Å²) in [6.07, 6.45) is 5.22. The number of nitrogens with zero attached hydrogens (tertiary/aromatic N) is 3. The highest BCUT2D eigenvalue weighted by Gasteiger charge is 2.26. The number of carbonyl (C=O) groups excluding carboxylic acids is 1. The summed E-state index contributed by atoms with van der Waals surface area (Å²) in [4.78, 5) is 24.9. The fourth-order valence-electron chi connectivity index (χ4n) is 3.41. The van der Waals surface area contributed by atoms with E-state index in [1.54, 1.807) is 23.7 Å². The van der Waals surface area contributed by atoms with Crippen molar-refractivity contribution in [3.63, 3.8) is 0 Å². The monoisotopic (exact) mass is 363 g/mol. The third-order valence-electron chi connectivity index (χ3n) is 4.89. The number of rotatable bonds is 4. The fourth-order valence-corrected chi connectivity index (χ4v) is 4.32. The Balaban J connectivity index is 1.40. The van der Waals surface area contributed by atoms with Crippen LogP contribution in [0, 0.1) is 12.8 Å². The van der Waals surface area contributed by atoms with Gasteiger partial charge in [-0.15, -0.1) is 11.3 Å². The molecule has 1 aromatic carbocycles. The molecule has 0 bridgehead atoms. The first-order valence-corrected chi connectivity index (χ1v) is 9.80. The van der Waals surface area contributed by atoms with E-state index in [0.717, 1.165) is 37.4 Å². The quantitative estimate of drug-likeness (QED) is 0.635. The van der Waals surface area contributed by atoms with Crippen molar-refractivity contribution >= 4 is 23.1 Å². The zero-order chi connectivity index (χ0) is 17.9. The van der Waals surface area contributed by atoms with Gasteiger partial charge in [0, 0.05) is 41.8 Å². The number of benzene rings is 1. The highest BCUT2D eigenvalue weighted by Crippen LogP contribution is 2.29. The molecule has 26 heavy (non-hydrogen) atoms. The van der Waals surface area contributed by atoms with Crippen molar-refractivity contribution in [1.82, 2.24) is 9.97 Å². The van der Waals surface area contributed by atoms with Crippen molar-refractivity contribution in [3.8, 4) is 10.4 Å². The molecule has 1 aliphatic rings. The number of anilines is 1. The number of piperidine rings is 1. The maximum absolute atomic E-state index is 12.8. The number of Topliss-reactive ketones (excluding diaryl/α,β-unsaturated/α-hetero) is 1. The molecule has 4 rings (SSSR count). The Labute approximate surface area is 157 Å². The van der Waals surface area contributed by atoms with Gasteiger partial charge in [-0.1, -0.05) is 24.3 Å². The van der Waals surface area contributed by atoms with Crippen molar-refractivity contribution in [2.75, 3.05) is 18.0 Å². The van der Waals surface area contributed by atoms with Gasteiger partial charge in [0.05, 0.1) is 0 Å². The minimum atomic E-state index is 0.0878. The molecule has 0 aliphatic carbocycles. The Morgan fingerprint density at radius 1 is 1.12 bits per heavy atom. The third-order valence-corrected chi connectivity index (χ3v) is 5.98. The van der Waals surface area contributed by atoms with Gasteiger partial charge in [-0.2, -0.15) is 0 Å². The summed E-state index contributed by atoms with van der Waals surface area (Å²) < 4.78 is 0. The van der Waals surface area contributed by atoms with Crippen LogP contribution in [0.3, 0.4) is 0 Å². The molecule has 0 radical (unpaired) electrons. The van der Waals surface area contributed by atoms with Gasteiger partial charge >= 0.3 is 0 Å².